The van der Waals surface area contributed by atoms with Gasteiger partial charge in [0.2, 0.25) is 5.82 Å². The highest BCUT2D eigenvalue weighted by Gasteiger charge is 2.28. The van der Waals surface area contributed by atoms with Gasteiger partial charge in [-0.1, -0.05) is 12.8 Å². The van der Waals surface area contributed by atoms with Gasteiger partial charge in [0.15, 0.2) is 28.9 Å². The number of ether oxygens (including phenoxy) is 1. The molecule has 0 bridgehead atoms. The first-order valence-corrected chi connectivity index (χ1v) is 9.50. The van der Waals surface area contributed by atoms with Gasteiger partial charge in [-0.3, -0.25) is 5.10 Å². The molecule has 0 amide bonds. The first kappa shape index (κ1) is 20.5. The molecule has 0 spiro atoms. The van der Waals surface area contributed by atoms with Crippen LogP contribution in [-0.2, 0) is 11.2 Å². The minimum atomic E-state index is -2.17. The summed E-state index contributed by atoms with van der Waals surface area (Å²) < 4.78 is 73.3. The third-order valence-electron chi connectivity index (χ3n) is 5.26. The van der Waals surface area contributed by atoms with Crippen LogP contribution in [0, 0.1) is 29.1 Å². The molecule has 0 aliphatic heterocycles. The number of H-pyrrole nitrogens is 1. The zero-order valence-corrected chi connectivity index (χ0v) is 15.7. The van der Waals surface area contributed by atoms with Gasteiger partial charge in [0.25, 0.3) is 0 Å². The van der Waals surface area contributed by atoms with Crippen LogP contribution in [0.4, 0.5) is 27.8 Å². The van der Waals surface area contributed by atoms with E-state index in [0.717, 1.165) is 19.3 Å². The van der Waals surface area contributed by atoms with E-state index in [9.17, 15) is 22.0 Å². The molecule has 3 aromatic rings. The van der Waals surface area contributed by atoms with Gasteiger partial charge in [-0.05, 0) is 12.8 Å². The fraction of sp³-hybridized carbons (Fsp3) is 0.421. The Labute approximate surface area is 167 Å². The molecule has 6 nitrogen and oxygen atoms in total. The number of hydrogen-bond acceptors (Lipinski definition) is 5. The number of rotatable bonds is 6. The molecule has 1 aliphatic carbocycles. The normalized spacial score (nSPS) is 19.4. The Morgan fingerprint density at radius 3 is 2.43 bits per heavy atom. The summed E-state index contributed by atoms with van der Waals surface area (Å²) in [6.45, 7) is -0.188. The zero-order chi connectivity index (χ0) is 21.3. The molecule has 2 atom stereocenters. The fourth-order valence-corrected chi connectivity index (χ4v) is 3.70. The lowest BCUT2D eigenvalue weighted by molar-refractivity contribution is 0.0212. The molecule has 1 aromatic carbocycles. The molecule has 1 fully saturated rings. The smallest absolute Gasteiger partial charge is 0.200 e. The van der Waals surface area contributed by atoms with E-state index in [4.69, 9.17) is 4.74 Å². The standard InChI is InChI=1S/C19H18F5N5O/c20-13-9(14(21)16(23)17(24)15(13)22)5-6-30-12-4-2-1-3-11(12)28-18-10-7-27-29-19(10)26-8-25-18/h7-8,11-12H,1-6H2,(H2,25,26,27,28,29)/t11-,12-/m1/s1. The van der Waals surface area contributed by atoms with Crippen molar-refractivity contribution in [3.63, 3.8) is 0 Å². The van der Waals surface area contributed by atoms with Crippen molar-refractivity contribution in [3.05, 3.63) is 47.2 Å². The van der Waals surface area contributed by atoms with Gasteiger partial charge in [0.05, 0.1) is 30.3 Å². The number of halogens is 5. The van der Waals surface area contributed by atoms with Gasteiger partial charge in [-0.25, -0.2) is 31.9 Å². The lowest BCUT2D eigenvalue weighted by Gasteiger charge is -2.32. The number of hydrogen-bond donors (Lipinski definition) is 2. The van der Waals surface area contributed by atoms with Gasteiger partial charge in [0, 0.05) is 12.0 Å². The predicted molar refractivity (Wildman–Crippen MR) is 97.2 cm³/mol. The van der Waals surface area contributed by atoms with Crippen molar-refractivity contribution in [2.45, 2.75) is 44.2 Å². The van der Waals surface area contributed by atoms with Crippen LogP contribution in [0.3, 0.4) is 0 Å². The van der Waals surface area contributed by atoms with Gasteiger partial charge in [-0.15, -0.1) is 0 Å². The first-order valence-electron chi connectivity index (χ1n) is 9.50. The number of aromatic nitrogens is 4. The summed E-state index contributed by atoms with van der Waals surface area (Å²) in [4.78, 5) is 8.31. The maximum Gasteiger partial charge on any atom is 0.200 e. The molecule has 4 rings (SSSR count). The van der Waals surface area contributed by atoms with Gasteiger partial charge >= 0.3 is 0 Å². The average molecular weight is 427 g/mol. The molecule has 30 heavy (non-hydrogen) atoms. The first-order chi connectivity index (χ1) is 14.5. The summed E-state index contributed by atoms with van der Waals surface area (Å²) in [5, 5.41) is 10.7. The summed E-state index contributed by atoms with van der Waals surface area (Å²) in [5.74, 6) is -9.13. The Bertz CT molecular complexity index is 1030. The fourth-order valence-electron chi connectivity index (χ4n) is 3.70. The van der Waals surface area contributed by atoms with Crippen molar-refractivity contribution >= 4 is 16.9 Å². The Balaban J connectivity index is 1.44. The molecule has 1 saturated carbocycles. The number of benzene rings is 1. The van der Waals surface area contributed by atoms with Crippen molar-refractivity contribution in [2.75, 3.05) is 11.9 Å². The van der Waals surface area contributed by atoms with Gasteiger partial charge < -0.3 is 10.1 Å². The molecule has 160 valence electrons. The van der Waals surface area contributed by atoms with E-state index in [0.29, 0.717) is 23.3 Å². The zero-order valence-electron chi connectivity index (χ0n) is 15.7. The molecule has 0 saturated heterocycles. The molecular formula is C19H18F5N5O. The molecular weight excluding hydrogens is 409 g/mol. The van der Waals surface area contributed by atoms with E-state index >= 15 is 0 Å². The SMILES string of the molecule is Fc1c(F)c(F)c(CCO[C@@H]2CCCC[C@H]2Nc2ncnc3[nH]ncc23)c(F)c1F. The maximum absolute atomic E-state index is 13.8. The van der Waals surface area contributed by atoms with Crippen molar-refractivity contribution < 1.29 is 26.7 Å². The molecule has 2 N–H and O–H groups in total. The molecule has 1 aliphatic rings. The van der Waals surface area contributed by atoms with E-state index in [1.54, 1.807) is 6.20 Å². The lowest BCUT2D eigenvalue weighted by atomic mass is 9.92. The van der Waals surface area contributed by atoms with Crippen LogP contribution >= 0.6 is 0 Å². The van der Waals surface area contributed by atoms with E-state index < -0.39 is 41.1 Å². The minimum absolute atomic E-state index is 0.136. The van der Waals surface area contributed by atoms with E-state index in [-0.39, 0.29) is 18.8 Å². The summed E-state index contributed by atoms with van der Waals surface area (Å²) in [7, 11) is 0. The van der Waals surface area contributed by atoms with Crippen LogP contribution in [0.25, 0.3) is 11.0 Å². The van der Waals surface area contributed by atoms with Crippen LogP contribution < -0.4 is 5.32 Å². The van der Waals surface area contributed by atoms with Crippen LogP contribution in [0.1, 0.15) is 31.2 Å². The third-order valence-corrected chi connectivity index (χ3v) is 5.26. The highest BCUT2D eigenvalue weighted by atomic mass is 19.2. The topological polar surface area (TPSA) is 75.7 Å². The lowest BCUT2D eigenvalue weighted by Crippen LogP contribution is -2.39. The summed E-state index contributed by atoms with van der Waals surface area (Å²) in [5.41, 5.74) is -0.297. The van der Waals surface area contributed by atoms with Crippen LogP contribution in [-0.4, -0.2) is 38.9 Å². The molecule has 11 heteroatoms. The summed E-state index contributed by atoms with van der Waals surface area (Å²) in [6.07, 6.45) is 5.56. The number of nitrogens with zero attached hydrogens (tertiary/aromatic N) is 3. The van der Waals surface area contributed by atoms with Crippen LogP contribution in [0.2, 0.25) is 0 Å². The number of aromatic amines is 1. The van der Waals surface area contributed by atoms with Crippen molar-refractivity contribution in [3.8, 4) is 0 Å². The summed E-state index contributed by atoms with van der Waals surface area (Å²) in [6, 6.07) is -0.136. The number of nitrogens with one attached hydrogen (secondary N) is 2. The molecule has 0 radical (unpaired) electrons. The maximum atomic E-state index is 13.8. The van der Waals surface area contributed by atoms with Crippen LogP contribution in [0.15, 0.2) is 12.5 Å². The van der Waals surface area contributed by atoms with Crippen LogP contribution in [0.5, 0.6) is 0 Å². The monoisotopic (exact) mass is 427 g/mol. The van der Waals surface area contributed by atoms with Crippen molar-refractivity contribution in [1.29, 1.82) is 0 Å². The quantitative estimate of drug-likeness (QED) is 0.353. The minimum Gasteiger partial charge on any atom is -0.376 e. The summed E-state index contributed by atoms with van der Waals surface area (Å²) >= 11 is 0. The second-order valence-corrected chi connectivity index (χ2v) is 7.10. The molecule has 2 heterocycles. The average Bonchev–Trinajstić information content (AvgIpc) is 3.24. The second-order valence-electron chi connectivity index (χ2n) is 7.10. The second kappa shape index (κ2) is 8.50. The predicted octanol–water partition coefficient (Wildman–Crippen LogP) is 4.03. The third kappa shape index (κ3) is 3.81. The molecule has 0 unspecified atom stereocenters. The van der Waals surface area contributed by atoms with Gasteiger partial charge in [-0.2, -0.15) is 5.10 Å². The Morgan fingerprint density at radius 2 is 1.67 bits per heavy atom. The largest absolute Gasteiger partial charge is 0.376 e. The van der Waals surface area contributed by atoms with E-state index in [2.05, 4.69) is 25.5 Å². The Kier molecular flexibility index (Phi) is 5.80. The number of anilines is 1. The highest BCUT2D eigenvalue weighted by Crippen LogP contribution is 2.27. The Hall–Kier alpha value is -2.82. The van der Waals surface area contributed by atoms with Crippen molar-refractivity contribution in [1.82, 2.24) is 20.2 Å². The van der Waals surface area contributed by atoms with E-state index in [1.165, 1.54) is 6.33 Å². The van der Waals surface area contributed by atoms with Crippen molar-refractivity contribution in [2.24, 2.45) is 0 Å². The van der Waals surface area contributed by atoms with E-state index in [1.807, 2.05) is 0 Å². The number of fused-ring (bicyclic) bond motifs is 1. The molecule has 2 aromatic heterocycles. The van der Waals surface area contributed by atoms with Gasteiger partial charge in [0.1, 0.15) is 12.1 Å². The Morgan fingerprint density at radius 1 is 0.967 bits per heavy atom. The highest BCUT2D eigenvalue weighted by molar-refractivity contribution is 5.85.